The van der Waals surface area contributed by atoms with E-state index in [2.05, 4.69) is 41.7 Å². The third-order valence-electron chi connectivity index (χ3n) is 3.02. The molecule has 0 spiro atoms. The zero-order chi connectivity index (χ0) is 14.1. The van der Waals surface area contributed by atoms with Gasteiger partial charge in [0.1, 0.15) is 0 Å². The normalized spacial score (nSPS) is 10.5. The molecule has 0 amide bonds. The first-order valence-corrected chi connectivity index (χ1v) is 7.25. The Morgan fingerprint density at radius 2 is 2.16 bits per heavy atom. The van der Waals surface area contributed by atoms with Gasteiger partial charge in [0.25, 0.3) is 0 Å². The zero-order valence-corrected chi connectivity index (χ0v) is 12.6. The van der Waals surface area contributed by atoms with Crippen LogP contribution in [0.4, 0.5) is 5.69 Å². The second kappa shape index (κ2) is 8.70. The van der Waals surface area contributed by atoms with Crippen LogP contribution in [0.5, 0.6) is 0 Å². The molecule has 1 aromatic heterocycles. The molecule has 1 rings (SSSR count). The quantitative estimate of drug-likeness (QED) is 0.546. The SMILES string of the molecule is C=CCN(CCC)c1cc(C)ncc1CNCCC. The summed E-state index contributed by atoms with van der Waals surface area (Å²) < 4.78 is 0. The second-order valence-electron chi connectivity index (χ2n) is 4.87. The van der Waals surface area contributed by atoms with Crippen LogP contribution in [0.25, 0.3) is 0 Å². The van der Waals surface area contributed by atoms with Crippen molar-refractivity contribution in [3.05, 3.63) is 36.2 Å². The number of rotatable bonds is 9. The highest BCUT2D eigenvalue weighted by Crippen LogP contribution is 2.21. The molecule has 1 heterocycles. The number of hydrogen-bond acceptors (Lipinski definition) is 3. The van der Waals surface area contributed by atoms with Crippen LogP contribution in [-0.4, -0.2) is 24.6 Å². The molecular formula is C16H27N3. The van der Waals surface area contributed by atoms with Crippen LogP contribution in [0.3, 0.4) is 0 Å². The van der Waals surface area contributed by atoms with Crippen LogP contribution in [0.15, 0.2) is 24.9 Å². The van der Waals surface area contributed by atoms with Crippen molar-refractivity contribution < 1.29 is 0 Å². The Morgan fingerprint density at radius 1 is 1.37 bits per heavy atom. The van der Waals surface area contributed by atoms with E-state index in [4.69, 9.17) is 0 Å². The molecule has 0 bridgehead atoms. The summed E-state index contributed by atoms with van der Waals surface area (Å²) in [6.07, 6.45) is 6.25. The van der Waals surface area contributed by atoms with E-state index >= 15 is 0 Å². The maximum atomic E-state index is 4.43. The predicted molar refractivity (Wildman–Crippen MR) is 83.7 cm³/mol. The lowest BCUT2D eigenvalue weighted by Gasteiger charge is -2.26. The molecule has 0 unspecified atom stereocenters. The van der Waals surface area contributed by atoms with Gasteiger partial charge in [0.05, 0.1) is 0 Å². The molecule has 0 saturated carbocycles. The van der Waals surface area contributed by atoms with Crippen molar-refractivity contribution in [2.24, 2.45) is 0 Å². The largest absolute Gasteiger partial charge is 0.367 e. The highest BCUT2D eigenvalue weighted by Gasteiger charge is 2.10. The van der Waals surface area contributed by atoms with Gasteiger partial charge in [-0.15, -0.1) is 6.58 Å². The van der Waals surface area contributed by atoms with E-state index in [-0.39, 0.29) is 0 Å². The van der Waals surface area contributed by atoms with Crippen LogP contribution < -0.4 is 10.2 Å². The van der Waals surface area contributed by atoms with Crippen molar-refractivity contribution in [3.63, 3.8) is 0 Å². The molecule has 0 atom stereocenters. The Balaban J connectivity index is 2.92. The van der Waals surface area contributed by atoms with E-state index in [0.717, 1.165) is 44.7 Å². The Hall–Kier alpha value is -1.35. The monoisotopic (exact) mass is 261 g/mol. The molecule has 0 radical (unpaired) electrons. The van der Waals surface area contributed by atoms with Gasteiger partial charge in [0.15, 0.2) is 0 Å². The van der Waals surface area contributed by atoms with Crippen molar-refractivity contribution in [1.82, 2.24) is 10.3 Å². The number of nitrogens with zero attached hydrogens (tertiary/aromatic N) is 2. The maximum absolute atomic E-state index is 4.43. The lowest BCUT2D eigenvalue weighted by atomic mass is 10.1. The smallest absolute Gasteiger partial charge is 0.0448 e. The number of hydrogen-bond donors (Lipinski definition) is 1. The van der Waals surface area contributed by atoms with Crippen LogP contribution >= 0.6 is 0 Å². The third-order valence-corrected chi connectivity index (χ3v) is 3.02. The van der Waals surface area contributed by atoms with Gasteiger partial charge in [-0.25, -0.2) is 0 Å². The van der Waals surface area contributed by atoms with Gasteiger partial charge in [-0.05, 0) is 32.4 Å². The second-order valence-corrected chi connectivity index (χ2v) is 4.87. The minimum Gasteiger partial charge on any atom is -0.367 e. The number of nitrogens with one attached hydrogen (secondary N) is 1. The molecule has 0 saturated heterocycles. The molecule has 0 fully saturated rings. The third kappa shape index (κ3) is 5.03. The first-order chi connectivity index (χ1) is 9.22. The van der Waals surface area contributed by atoms with Crippen molar-refractivity contribution in [2.45, 2.75) is 40.2 Å². The molecule has 0 aromatic carbocycles. The minimum absolute atomic E-state index is 0.883. The number of anilines is 1. The molecule has 0 aliphatic carbocycles. The number of aryl methyl sites for hydroxylation is 1. The van der Waals surface area contributed by atoms with E-state index < -0.39 is 0 Å². The standard InChI is InChI=1S/C16H27N3/c1-5-8-17-12-15-13-18-14(4)11-16(15)19(9-6-2)10-7-3/h6,11,13,17H,2,5,7-10,12H2,1,3-4H3. The van der Waals surface area contributed by atoms with Crippen molar-refractivity contribution in [1.29, 1.82) is 0 Å². The Kier molecular flexibility index (Phi) is 7.19. The first kappa shape index (κ1) is 15.7. The molecule has 3 heteroatoms. The van der Waals surface area contributed by atoms with Crippen LogP contribution in [0, 0.1) is 6.92 Å². The van der Waals surface area contributed by atoms with E-state index in [1.165, 1.54) is 11.3 Å². The number of aromatic nitrogens is 1. The summed E-state index contributed by atoms with van der Waals surface area (Å²) in [7, 11) is 0. The summed E-state index contributed by atoms with van der Waals surface area (Å²) in [6, 6.07) is 2.18. The molecule has 106 valence electrons. The topological polar surface area (TPSA) is 28.2 Å². The maximum Gasteiger partial charge on any atom is 0.0448 e. The molecule has 1 aromatic rings. The van der Waals surface area contributed by atoms with Gasteiger partial charge >= 0.3 is 0 Å². The fourth-order valence-corrected chi connectivity index (χ4v) is 2.14. The molecule has 3 nitrogen and oxygen atoms in total. The van der Waals surface area contributed by atoms with Crippen LogP contribution in [0.2, 0.25) is 0 Å². The first-order valence-electron chi connectivity index (χ1n) is 7.25. The number of pyridine rings is 1. The summed E-state index contributed by atoms with van der Waals surface area (Å²) in [5.41, 5.74) is 3.63. The van der Waals surface area contributed by atoms with Gasteiger partial charge < -0.3 is 10.2 Å². The Morgan fingerprint density at radius 3 is 2.79 bits per heavy atom. The van der Waals surface area contributed by atoms with Crippen LogP contribution in [-0.2, 0) is 6.54 Å². The summed E-state index contributed by atoms with van der Waals surface area (Å²) in [5, 5.41) is 3.46. The molecule has 1 N–H and O–H groups in total. The van der Waals surface area contributed by atoms with Gasteiger partial charge in [0, 0.05) is 42.8 Å². The van der Waals surface area contributed by atoms with E-state index in [1.807, 2.05) is 19.2 Å². The van der Waals surface area contributed by atoms with Gasteiger partial charge in [0.2, 0.25) is 0 Å². The van der Waals surface area contributed by atoms with Gasteiger partial charge in [-0.3, -0.25) is 4.98 Å². The molecule has 0 aliphatic rings. The zero-order valence-electron chi connectivity index (χ0n) is 12.6. The van der Waals surface area contributed by atoms with Crippen molar-refractivity contribution in [3.8, 4) is 0 Å². The van der Waals surface area contributed by atoms with Crippen LogP contribution in [0.1, 0.15) is 37.9 Å². The van der Waals surface area contributed by atoms with E-state index in [0.29, 0.717) is 0 Å². The van der Waals surface area contributed by atoms with Crippen molar-refractivity contribution in [2.75, 3.05) is 24.5 Å². The summed E-state index contributed by atoms with van der Waals surface area (Å²) in [6.45, 7) is 14.2. The fourth-order valence-electron chi connectivity index (χ4n) is 2.14. The molecule has 19 heavy (non-hydrogen) atoms. The Labute approximate surface area is 117 Å². The highest BCUT2D eigenvalue weighted by atomic mass is 15.1. The average molecular weight is 261 g/mol. The summed E-state index contributed by atoms with van der Waals surface area (Å²) in [5.74, 6) is 0. The molecule has 0 aliphatic heterocycles. The minimum atomic E-state index is 0.883. The van der Waals surface area contributed by atoms with Gasteiger partial charge in [-0.2, -0.15) is 0 Å². The highest BCUT2D eigenvalue weighted by molar-refractivity contribution is 5.54. The molecular weight excluding hydrogens is 234 g/mol. The fraction of sp³-hybridized carbons (Fsp3) is 0.562. The predicted octanol–water partition coefficient (Wildman–Crippen LogP) is 3.29. The Bertz CT molecular complexity index is 388. The van der Waals surface area contributed by atoms with E-state index in [1.54, 1.807) is 0 Å². The summed E-state index contributed by atoms with van der Waals surface area (Å²) in [4.78, 5) is 6.81. The van der Waals surface area contributed by atoms with Crippen molar-refractivity contribution >= 4 is 5.69 Å². The van der Waals surface area contributed by atoms with E-state index in [9.17, 15) is 0 Å². The summed E-state index contributed by atoms with van der Waals surface area (Å²) >= 11 is 0. The average Bonchev–Trinajstić information content (AvgIpc) is 2.40. The van der Waals surface area contributed by atoms with Gasteiger partial charge in [-0.1, -0.05) is 19.9 Å². The lowest BCUT2D eigenvalue weighted by molar-refractivity contribution is 0.670. The lowest BCUT2D eigenvalue weighted by Crippen LogP contribution is -2.26.